The van der Waals surface area contributed by atoms with Crippen LogP contribution >= 0.6 is 0 Å². The van der Waals surface area contributed by atoms with Crippen molar-refractivity contribution in [3.05, 3.63) is 29.8 Å². The number of para-hydroxylation sites is 1. The molecule has 1 aromatic carbocycles. The van der Waals surface area contributed by atoms with Crippen molar-refractivity contribution in [2.24, 2.45) is 5.92 Å². The maximum atomic E-state index is 5.88. The molecule has 19 heavy (non-hydrogen) atoms. The van der Waals surface area contributed by atoms with Gasteiger partial charge in [0.25, 0.3) is 0 Å². The SMILES string of the molecule is c1ccc2c(c1)CC(CNCCCOCC1CC1)O2. The molecule has 3 heteroatoms. The van der Waals surface area contributed by atoms with Gasteiger partial charge in [-0.15, -0.1) is 0 Å². The van der Waals surface area contributed by atoms with Crippen LogP contribution in [0.4, 0.5) is 0 Å². The molecule has 0 spiro atoms. The van der Waals surface area contributed by atoms with Crippen molar-refractivity contribution in [1.29, 1.82) is 0 Å². The van der Waals surface area contributed by atoms with Gasteiger partial charge >= 0.3 is 0 Å². The molecule has 1 atom stereocenters. The molecule has 3 nitrogen and oxygen atoms in total. The van der Waals surface area contributed by atoms with Gasteiger partial charge in [-0.2, -0.15) is 0 Å². The van der Waals surface area contributed by atoms with Crippen LogP contribution in [-0.4, -0.2) is 32.4 Å². The fourth-order valence-electron chi connectivity index (χ4n) is 2.46. The lowest BCUT2D eigenvalue weighted by atomic mass is 10.1. The number of nitrogens with one attached hydrogen (secondary N) is 1. The van der Waals surface area contributed by atoms with Gasteiger partial charge in [0, 0.05) is 26.2 Å². The van der Waals surface area contributed by atoms with Crippen LogP contribution in [0, 0.1) is 5.92 Å². The highest BCUT2D eigenvalue weighted by atomic mass is 16.5. The van der Waals surface area contributed by atoms with Crippen LogP contribution in [-0.2, 0) is 11.2 Å². The van der Waals surface area contributed by atoms with Crippen molar-refractivity contribution in [1.82, 2.24) is 5.32 Å². The summed E-state index contributed by atoms with van der Waals surface area (Å²) in [4.78, 5) is 0. The molecule has 1 aliphatic carbocycles. The number of hydrogen-bond acceptors (Lipinski definition) is 3. The van der Waals surface area contributed by atoms with Gasteiger partial charge in [-0.1, -0.05) is 18.2 Å². The zero-order valence-corrected chi connectivity index (χ0v) is 11.4. The zero-order chi connectivity index (χ0) is 12.9. The third kappa shape index (κ3) is 3.95. The van der Waals surface area contributed by atoms with Crippen LogP contribution in [0.2, 0.25) is 0 Å². The van der Waals surface area contributed by atoms with E-state index < -0.39 is 0 Å². The number of ether oxygens (including phenoxy) is 2. The summed E-state index contributed by atoms with van der Waals surface area (Å²) in [6.45, 7) is 3.80. The first-order chi connectivity index (χ1) is 9.42. The van der Waals surface area contributed by atoms with Crippen LogP contribution in [0.25, 0.3) is 0 Å². The van der Waals surface area contributed by atoms with Gasteiger partial charge in [0.2, 0.25) is 0 Å². The Morgan fingerprint density at radius 3 is 3.00 bits per heavy atom. The molecule has 0 bridgehead atoms. The summed E-state index contributed by atoms with van der Waals surface area (Å²) in [5.41, 5.74) is 1.34. The minimum Gasteiger partial charge on any atom is -0.488 e. The predicted octanol–water partition coefficient (Wildman–Crippen LogP) is 2.40. The van der Waals surface area contributed by atoms with E-state index in [4.69, 9.17) is 9.47 Å². The van der Waals surface area contributed by atoms with Crippen molar-refractivity contribution < 1.29 is 9.47 Å². The summed E-state index contributed by atoms with van der Waals surface area (Å²) < 4.78 is 11.5. The van der Waals surface area contributed by atoms with Crippen LogP contribution in [0.5, 0.6) is 5.75 Å². The molecule has 0 saturated heterocycles. The molecule has 0 aromatic heterocycles. The number of rotatable bonds is 8. The molecular weight excluding hydrogens is 238 g/mol. The molecule has 1 heterocycles. The second-order valence-corrected chi connectivity index (χ2v) is 5.63. The average Bonchev–Trinajstić information content (AvgIpc) is 3.15. The van der Waals surface area contributed by atoms with Gasteiger partial charge < -0.3 is 14.8 Å². The van der Waals surface area contributed by atoms with Crippen molar-refractivity contribution in [2.75, 3.05) is 26.3 Å². The molecule has 1 fully saturated rings. The Morgan fingerprint density at radius 2 is 2.16 bits per heavy atom. The molecule has 104 valence electrons. The average molecular weight is 261 g/mol. The Kier molecular flexibility index (Phi) is 4.36. The minimum atomic E-state index is 0.296. The van der Waals surface area contributed by atoms with E-state index in [-0.39, 0.29) is 0 Å². The topological polar surface area (TPSA) is 30.5 Å². The van der Waals surface area contributed by atoms with Gasteiger partial charge in [-0.3, -0.25) is 0 Å². The zero-order valence-electron chi connectivity index (χ0n) is 11.4. The van der Waals surface area contributed by atoms with Gasteiger partial charge in [-0.05, 0) is 43.4 Å². The molecule has 1 saturated carbocycles. The summed E-state index contributed by atoms with van der Waals surface area (Å²) in [5.74, 6) is 1.93. The van der Waals surface area contributed by atoms with Gasteiger partial charge in [0.1, 0.15) is 11.9 Å². The van der Waals surface area contributed by atoms with Crippen molar-refractivity contribution in [2.45, 2.75) is 31.8 Å². The molecule has 1 N–H and O–H groups in total. The van der Waals surface area contributed by atoms with Crippen LogP contribution in [0.1, 0.15) is 24.8 Å². The minimum absolute atomic E-state index is 0.296. The lowest BCUT2D eigenvalue weighted by molar-refractivity contribution is 0.121. The Morgan fingerprint density at radius 1 is 1.26 bits per heavy atom. The van der Waals surface area contributed by atoms with Crippen LogP contribution < -0.4 is 10.1 Å². The second-order valence-electron chi connectivity index (χ2n) is 5.63. The number of benzene rings is 1. The standard InChI is InChI=1S/C16H23NO2/c1-2-5-16-14(4-1)10-15(19-16)11-17-8-3-9-18-12-13-6-7-13/h1-2,4-5,13,15,17H,3,6-12H2. The number of hydrogen-bond donors (Lipinski definition) is 1. The molecule has 0 amide bonds. The van der Waals surface area contributed by atoms with Crippen LogP contribution in [0.3, 0.4) is 0 Å². The van der Waals surface area contributed by atoms with Crippen LogP contribution in [0.15, 0.2) is 24.3 Å². The lowest BCUT2D eigenvalue weighted by Gasteiger charge is -2.11. The fraction of sp³-hybridized carbons (Fsp3) is 0.625. The first kappa shape index (κ1) is 12.9. The lowest BCUT2D eigenvalue weighted by Crippen LogP contribution is -2.31. The van der Waals surface area contributed by atoms with Crippen molar-refractivity contribution in [3.8, 4) is 5.75 Å². The molecule has 1 aliphatic heterocycles. The maximum absolute atomic E-state index is 5.88. The molecule has 3 rings (SSSR count). The third-order valence-electron chi connectivity index (χ3n) is 3.78. The molecule has 1 aromatic rings. The van der Waals surface area contributed by atoms with E-state index in [1.54, 1.807) is 0 Å². The quantitative estimate of drug-likeness (QED) is 0.729. The predicted molar refractivity (Wildman–Crippen MR) is 75.6 cm³/mol. The van der Waals surface area contributed by atoms with Gasteiger partial charge in [0.05, 0.1) is 0 Å². The molecular formula is C16H23NO2. The molecule has 2 aliphatic rings. The van der Waals surface area contributed by atoms with Gasteiger partial charge in [0.15, 0.2) is 0 Å². The second kappa shape index (κ2) is 6.40. The highest BCUT2D eigenvalue weighted by Crippen LogP contribution is 2.29. The highest BCUT2D eigenvalue weighted by molar-refractivity contribution is 5.37. The van der Waals surface area contributed by atoms with E-state index in [1.165, 1.54) is 18.4 Å². The summed E-state index contributed by atoms with van der Waals surface area (Å²) in [5, 5.41) is 3.46. The highest BCUT2D eigenvalue weighted by Gasteiger charge is 2.22. The monoisotopic (exact) mass is 261 g/mol. The summed E-state index contributed by atoms with van der Waals surface area (Å²) in [6.07, 6.45) is 5.16. The first-order valence-electron chi connectivity index (χ1n) is 7.45. The summed E-state index contributed by atoms with van der Waals surface area (Å²) >= 11 is 0. The van der Waals surface area contributed by atoms with E-state index in [0.717, 1.165) is 50.8 Å². The largest absolute Gasteiger partial charge is 0.488 e. The summed E-state index contributed by atoms with van der Waals surface area (Å²) in [7, 11) is 0. The fourth-order valence-corrected chi connectivity index (χ4v) is 2.46. The number of fused-ring (bicyclic) bond motifs is 1. The Labute approximate surface area is 115 Å². The Balaban J connectivity index is 1.23. The molecule has 0 radical (unpaired) electrons. The van der Waals surface area contributed by atoms with E-state index >= 15 is 0 Å². The summed E-state index contributed by atoms with van der Waals surface area (Å²) in [6, 6.07) is 8.32. The Hall–Kier alpha value is -1.06. The van der Waals surface area contributed by atoms with E-state index in [0.29, 0.717) is 6.10 Å². The normalized spacial score (nSPS) is 21.2. The molecule has 1 unspecified atom stereocenters. The maximum Gasteiger partial charge on any atom is 0.123 e. The van der Waals surface area contributed by atoms with E-state index in [9.17, 15) is 0 Å². The third-order valence-corrected chi connectivity index (χ3v) is 3.78. The van der Waals surface area contributed by atoms with E-state index in [1.807, 2.05) is 6.07 Å². The first-order valence-corrected chi connectivity index (χ1v) is 7.45. The van der Waals surface area contributed by atoms with E-state index in [2.05, 4.69) is 23.5 Å². The van der Waals surface area contributed by atoms with Crippen molar-refractivity contribution >= 4 is 0 Å². The Bertz CT molecular complexity index is 378. The van der Waals surface area contributed by atoms with Gasteiger partial charge in [-0.25, -0.2) is 0 Å². The smallest absolute Gasteiger partial charge is 0.123 e. The van der Waals surface area contributed by atoms with Crippen molar-refractivity contribution in [3.63, 3.8) is 0 Å².